The molecule has 0 saturated heterocycles. The molecule has 0 amide bonds. The molecule has 1 fully saturated rings. The Morgan fingerprint density at radius 1 is 1.41 bits per heavy atom. The summed E-state index contributed by atoms with van der Waals surface area (Å²) in [5.41, 5.74) is 6.91. The van der Waals surface area contributed by atoms with Crippen LogP contribution in [0.15, 0.2) is 35.3 Å². The number of rotatable bonds is 5. The lowest BCUT2D eigenvalue weighted by atomic mass is 10.1. The van der Waals surface area contributed by atoms with E-state index in [1.165, 1.54) is 19.3 Å². The monoisotopic (exact) mass is 231 g/mol. The van der Waals surface area contributed by atoms with Crippen molar-refractivity contribution in [2.45, 2.75) is 38.6 Å². The minimum Gasteiger partial charge on any atom is -0.370 e. The largest absolute Gasteiger partial charge is 0.370 e. The van der Waals surface area contributed by atoms with Crippen molar-refractivity contribution in [1.29, 1.82) is 0 Å². The van der Waals surface area contributed by atoms with E-state index in [4.69, 9.17) is 5.73 Å². The molecule has 3 heteroatoms. The Labute approximate surface area is 103 Å². The Balaban J connectivity index is 1.90. The van der Waals surface area contributed by atoms with Gasteiger partial charge in [-0.25, -0.2) is 4.99 Å². The summed E-state index contributed by atoms with van der Waals surface area (Å²) >= 11 is 0. The number of anilines is 1. The number of benzene rings is 1. The number of guanidine groups is 1. The van der Waals surface area contributed by atoms with Gasteiger partial charge in [-0.1, -0.05) is 38.0 Å². The highest BCUT2D eigenvalue weighted by atomic mass is 15.1. The molecule has 1 aromatic carbocycles. The van der Waals surface area contributed by atoms with Gasteiger partial charge in [0.05, 0.1) is 6.04 Å². The highest BCUT2D eigenvalue weighted by molar-refractivity contribution is 5.92. The fourth-order valence-electron chi connectivity index (χ4n) is 1.95. The van der Waals surface area contributed by atoms with Crippen LogP contribution in [-0.4, -0.2) is 12.0 Å². The van der Waals surface area contributed by atoms with Crippen LogP contribution in [-0.2, 0) is 0 Å². The van der Waals surface area contributed by atoms with Crippen LogP contribution in [0.1, 0.15) is 32.6 Å². The first-order valence-corrected chi connectivity index (χ1v) is 6.43. The van der Waals surface area contributed by atoms with E-state index in [1.807, 2.05) is 30.3 Å². The van der Waals surface area contributed by atoms with Gasteiger partial charge in [0, 0.05) is 5.69 Å². The van der Waals surface area contributed by atoms with Crippen LogP contribution in [0.5, 0.6) is 0 Å². The van der Waals surface area contributed by atoms with E-state index < -0.39 is 0 Å². The van der Waals surface area contributed by atoms with Crippen molar-refractivity contribution in [3.05, 3.63) is 30.3 Å². The third kappa shape index (κ3) is 4.10. The average Bonchev–Trinajstić information content (AvgIpc) is 3.13. The van der Waals surface area contributed by atoms with Crippen molar-refractivity contribution < 1.29 is 0 Å². The molecule has 0 bridgehead atoms. The Hall–Kier alpha value is -1.51. The van der Waals surface area contributed by atoms with E-state index in [0.29, 0.717) is 12.0 Å². The highest BCUT2D eigenvalue weighted by Gasteiger charge is 2.24. The van der Waals surface area contributed by atoms with Crippen molar-refractivity contribution in [2.75, 3.05) is 5.32 Å². The number of nitrogens with one attached hydrogen (secondary N) is 1. The first-order valence-electron chi connectivity index (χ1n) is 6.43. The number of hydrogen-bond acceptors (Lipinski definition) is 1. The summed E-state index contributed by atoms with van der Waals surface area (Å²) in [7, 11) is 0. The number of nitrogens with zero attached hydrogens (tertiary/aromatic N) is 1. The van der Waals surface area contributed by atoms with E-state index in [2.05, 4.69) is 17.2 Å². The molecular formula is C14H21N3. The summed E-state index contributed by atoms with van der Waals surface area (Å²) in [5, 5.41) is 3.13. The summed E-state index contributed by atoms with van der Waals surface area (Å²) in [5.74, 6) is 1.43. The normalized spacial score (nSPS) is 17.8. The van der Waals surface area contributed by atoms with Gasteiger partial charge in [0.2, 0.25) is 0 Å². The number of hydrogen-bond donors (Lipinski definition) is 2. The lowest BCUT2D eigenvalue weighted by Gasteiger charge is -2.11. The van der Waals surface area contributed by atoms with Crippen LogP contribution >= 0.6 is 0 Å². The minimum atomic E-state index is 0.374. The van der Waals surface area contributed by atoms with Gasteiger partial charge in [0.25, 0.3) is 0 Å². The number of aliphatic imine (C=N–C) groups is 1. The third-order valence-electron chi connectivity index (χ3n) is 3.14. The highest BCUT2D eigenvalue weighted by Crippen LogP contribution is 2.34. The van der Waals surface area contributed by atoms with Crippen molar-refractivity contribution in [1.82, 2.24) is 0 Å². The molecule has 1 unspecified atom stereocenters. The molecule has 1 saturated carbocycles. The summed E-state index contributed by atoms with van der Waals surface area (Å²) in [6.45, 7) is 2.17. The summed E-state index contributed by atoms with van der Waals surface area (Å²) in [6.07, 6.45) is 5.00. The second-order valence-corrected chi connectivity index (χ2v) is 4.75. The van der Waals surface area contributed by atoms with Crippen molar-refractivity contribution in [3.63, 3.8) is 0 Å². The molecule has 3 N–H and O–H groups in total. The van der Waals surface area contributed by atoms with Crippen LogP contribution in [0.2, 0.25) is 0 Å². The van der Waals surface area contributed by atoms with Gasteiger partial charge in [-0.05, 0) is 30.9 Å². The van der Waals surface area contributed by atoms with Gasteiger partial charge in [0.1, 0.15) is 0 Å². The molecule has 0 aliphatic heterocycles. The van der Waals surface area contributed by atoms with Gasteiger partial charge in [0.15, 0.2) is 5.96 Å². The van der Waals surface area contributed by atoms with E-state index >= 15 is 0 Å². The fourth-order valence-corrected chi connectivity index (χ4v) is 1.95. The van der Waals surface area contributed by atoms with Gasteiger partial charge >= 0.3 is 0 Å². The predicted octanol–water partition coefficient (Wildman–Crippen LogP) is 2.99. The molecule has 1 aliphatic carbocycles. The maximum absolute atomic E-state index is 5.92. The van der Waals surface area contributed by atoms with Crippen LogP contribution in [0.3, 0.4) is 0 Å². The standard InChI is InChI=1S/C14H21N3/c1-2-12(10-11-8-9-11)16-14(15)17-13-6-4-3-5-7-13/h3-7,11-12H,2,8-10H2,1H3,(H3,15,16,17). The molecule has 1 atom stereocenters. The van der Waals surface area contributed by atoms with E-state index in [9.17, 15) is 0 Å². The predicted molar refractivity (Wildman–Crippen MR) is 73.1 cm³/mol. The second-order valence-electron chi connectivity index (χ2n) is 4.75. The first kappa shape index (κ1) is 12.0. The lowest BCUT2D eigenvalue weighted by molar-refractivity contribution is 0.557. The second kappa shape index (κ2) is 5.71. The summed E-state index contributed by atoms with van der Waals surface area (Å²) < 4.78 is 0. The summed E-state index contributed by atoms with van der Waals surface area (Å²) in [4.78, 5) is 4.55. The fraction of sp³-hybridized carbons (Fsp3) is 0.500. The molecule has 17 heavy (non-hydrogen) atoms. The van der Waals surface area contributed by atoms with Gasteiger partial charge in [-0.15, -0.1) is 0 Å². The maximum Gasteiger partial charge on any atom is 0.193 e. The zero-order valence-corrected chi connectivity index (χ0v) is 10.4. The first-order chi connectivity index (χ1) is 8.28. The number of para-hydroxylation sites is 1. The zero-order valence-electron chi connectivity index (χ0n) is 10.4. The maximum atomic E-state index is 5.92. The number of nitrogens with two attached hydrogens (primary N) is 1. The molecular weight excluding hydrogens is 210 g/mol. The van der Waals surface area contributed by atoms with Crippen LogP contribution in [0.25, 0.3) is 0 Å². The molecule has 0 spiro atoms. The van der Waals surface area contributed by atoms with E-state index in [0.717, 1.165) is 18.0 Å². The quantitative estimate of drug-likeness (QED) is 0.604. The van der Waals surface area contributed by atoms with E-state index in [-0.39, 0.29) is 0 Å². The molecule has 0 heterocycles. The smallest absolute Gasteiger partial charge is 0.193 e. The molecule has 0 radical (unpaired) electrons. The topological polar surface area (TPSA) is 50.4 Å². The molecule has 1 aromatic rings. The Morgan fingerprint density at radius 2 is 2.12 bits per heavy atom. The van der Waals surface area contributed by atoms with Crippen molar-refractivity contribution >= 4 is 11.6 Å². The molecule has 92 valence electrons. The Bertz CT molecular complexity index is 368. The van der Waals surface area contributed by atoms with E-state index in [1.54, 1.807) is 0 Å². The van der Waals surface area contributed by atoms with Gasteiger partial charge < -0.3 is 11.1 Å². The Morgan fingerprint density at radius 3 is 2.71 bits per heavy atom. The molecule has 3 nitrogen and oxygen atoms in total. The molecule has 1 aliphatic rings. The average molecular weight is 231 g/mol. The molecule has 2 rings (SSSR count). The van der Waals surface area contributed by atoms with Crippen LogP contribution in [0, 0.1) is 5.92 Å². The van der Waals surface area contributed by atoms with Crippen LogP contribution in [0.4, 0.5) is 5.69 Å². The van der Waals surface area contributed by atoms with Crippen molar-refractivity contribution in [3.8, 4) is 0 Å². The van der Waals surface area contributed by atoms with Crippen LogP contribution < -0.4 is 11.1 Å². The van der Waals surface area contributed by atoms with Crippen molar-refractivity contribution in [2.24, 2.45) is 16.6 Å². The SMILES string of the molecule is CCC(CC1CC1)N=C(N)Nc1ccccc1. The van der Waals surface area contributed by atoms with Gasteiger partial charge in [-0.3, -0.25) is 0 Å². The third-order valence-corrected chi connectivity index (χ3v) is 3.14. The zero-order chi connectivity index (χ0) is 12.1. The van der Waals surface area contributed by atoms with Gasteiger partial charge in [-0.2, -0.15) is 0 Å². The summed E-state index contributed by atoms with van der Waals surface area (Å²) in [6, 6.07) is 10.3. The lowest BCUT2D eigenvalue weighted by Crippen LogP contribution is -2.25. The Kier molecular flexibility index (Phi) is 4.02. The molecule has 0 aromatic heterocycles. The minimum absolute atomic E-state index is 0.374.